The van der Waals surface area contributed by atoms with Gasteiger partial charge in [0.2, 0.25) is 15.9 Å². The van der Waals surface area contributed by atoms with Crippen LogP contribution < -0.4 is 19.5 Å². The fourth-order valence-corrected chi connectivity index (χ4v) is 3.40. The molecule has 0 aliphatic carbocycles. The molecule has 2 aromatic rings. The van der Waals surface area contributed by atoms with Gasteiger partial charge in [0.1, 0.15) is 0 Å². The average Bonchev–Trinajstić information content (AvgIpc) is 2.65. The number of ether oxygens (including phenoxy) is 2. The summed E-state index contributed by atoms with van der Waals surface area (Å²) in [6.07, 6.45) is 4.19. The number of carbonyl (C=O) groups is 1. The maximum absolute atomic E-state index is 12.4. The second-order valence-electron chi connectivity index (χ2n) is 7.10. The highest BCUT2D eigenvalue weighted by Crippen LogP contribution is 2.29. The maximum Gasteiger partial charge on any atom is 0.244 e. The Bertz CT molecular complexity index is 1020. The molecule has 2 aromatic carbocycles. The van der Waals surface area contributed by atoms with Gasteiger partial charge in [0, 0.05) is 6.08 Å². The summed E-state index contributed by atoms with van der Waals surface area (Å²) in [6, 6.07) is 12.0. The van der Waals surface area contributed by atoms with Crippen LogP contribution in [0.2, 0.25) is 0 Å². The molecular weight excluding hydrogens is 404 g/mol. The van der Waals surface area contributed by atoms with E-state index in [1.54, 1.807) is 56.5 Å². The first-order valence-corrected chi connectivity index (χ1v) is 11.4. The van der Waals surface area contributed by atoms with Crippen molar-refractivity contribution in [1.82, 2.24) is 5.32 Å². The van der Waals surface area contributed by atoms with Crippen molar-refractivity contribution in [3.63, 3.8) is 0 Å². The first kappa shape index (κ1) is 23.3. The number of para-hydroxylation sites is 1. The highest BCUT2D eigenvalue weighted by Gasteiger charge is 2.14. The second kappa shape index (κ2) is 10.2. The van der Waals surface area contributed by atoms with Crippen molar-refractivity contribution in [1.29, 1.82) is 0 Å². The van der Waals surface area contributed by atoms with Gasteiger partial charge in [0.05, 0.1) is 31.2 Å². The number of carbonyl (C=O) groups excluding carboxylic acids is 1. The fraction of sp³-hybridized carbons (Fsp3) is 0.318. The molecule has 7 nitrogen and oxygen atoms in total. The van der Waals surface area contributed by atoms with Gasteiger partial charge in [0.25, 0.3) is 0 Å². The van der Waals surface area contributed by atoms with E-state index in [0.717, 1.165) is 11.8 Å². The molecule has 1 atom stereocenters. The molecule has 1 unspecified atom stereocenters. The summed E-state index contributed by atoms with van der Waals surface area (Å²) in [6.45, 7) is 5.65. The van der Waals surface area contributed by atoms with Gasteiger partial charge >= 0.3 is 0 Å². The summed E-state index contributed by atoms with van der Waals surface area (Å²) in [5.74, 6) is 0.913. The van der Waals surface area contributed by atoms with Crippen LogP contribution in [0, 0.1) is 0 Å². The third-order valence-corrected chi connectivity index (χ3v) is 4.65. The molecule has 2 rings (SSSR count). The van der Waals surface area contributed by atoms with Crippen molar-refractivity contribution in [2.45, 2.75) is 32.9 Å². The van der Waals surface area contributed by atoms with E-state index < -0.39 is 16.1 Å². The topological polar surface area (TPSA) is 93.7 Å². The van der Waals surface area contributed by atoms with Crippen molar-refractivity contribution in [3.05, 3.63) is 59.7 Å². The Morgan fingerprint density at radius 2 is 1.77 bits per heavy atom. The minimum absolute atomic E-state index is 0.0209. The second-order valence-corrected chi connectivity index (χ2v) is 8.85. The van der Waals surface area contributed by atoms with Crippen LogP contribution >= 0.6 is 0 Å². The number of benzene rings is 2. The van der Waals surface area contributed by atoms with Crippen LogP contribution in [0.25, 0.3) is 6.08 Å². The molecule has 1 amide bonds. The number of hydrogen-bond donors (Lipinski definition) is 2. The van der Waals surface area contributed by atoms with E-state index >= 15 is 0 Å². The third-order valence-electron chi connectivity index (χ3n) is 4.06. The standard InChI is InChI=1S/C22H28N2O5S/c1-15(2)29-20-12-10-17(14-21(20)28-4)11-13-22(25)23-16(3)18-8-6-7-9-19(18)24-30(5,26)27/h6-16,24H,1-5H3,(H,23,25). The zero-order chi connectivity index (χ0) is 22.3. The smallest absolute Gasteiger partial charge is 0.244 e. The molecule has 0 heterocycles. The number of nitrogens with one attached hydrogen (secondary N) is 2. The lowest BCUT2D eigenvalue weighted by molar-refractivity contribution is -0.117. The van der Waals surface area contributed by atoms with Crippen LogP contribution in [0.4, 0.5) is 5.69 Å². The molecule has 0 spiro atoms. The van der Waals surface area contributed by atoms with Gasteiger partial charge in [-0.1, -0.05) is 24.3 Å². The molecule has 0 bridgehead atoms. The van der Waals surface area contributed by atoms with Gasteiger partial charge in [-0.25, -0.2) is 8.42 Å². The number of methoxy groups -OCH3 is 1. The Morgan fingerprint density at radius 3 is 2.40 bits per heavy atom. The number of rotatable bonds is 9. The number of hydrogen-bond acceptors (Lipinski definition) is 5. The van der Waals surface area contributed by atoms with E-state index in [-0.39, 0.29) is 12.0 Å². The van der Waals surface area contributed by atoms with Crippen LogP contribution in [-0.4, -0.2) is 33.8 Å². The predicted molar refractivity (Wildman–Crippen MR) is 119 cm³/mol. The Morgan fingerprint density at radius 1 is 1.07 bits per heavy atom. The van der Waals surface area contributed by atoms with Gasteiger partial charge in [-0.3, -0.25) is 9.52 Å². The minimum atomic E-state index is -3.42. The third kappa shape index (κ3) is 7.11. The normalized spacial score (nSPS) is 12.6. The average molecular weight is 433 g/mol. The van der Waals surface area contributed by atoms with E-state index in [2.05, 4.69) is 10.0 Å². The molecular formula is C22H28N2O5S. The lowest BCUT2D eigenvalue weighted by Gasteiger charge is -2.17. The van der Waals surface area contributed by atoms with Gasteiger partial charge in [-0.2, -0.15) is 0 Å². The molecule has 0 fully saturated rings. The zero-order valence-electron chi connectivity index (χ0n) is 17.8. The summed E-state index contributed by atoms with van der Waals surface area (Å²) in [7, 11) is -1.86. The predicted octanol–water partition coefficient (Wildman–Crippen LogP) is 3.74. The SMILES string of the molecule is COc1cc(C=CC(=O)NC(C)c2ccccc2NS(C)(=O)=O)ccc1OC(C)C. The molecule has 8 heteroatoms. The van der Waals surface area contributed by atoms with Crippen molar-refractivity contribution in [3.8, 4) is 11.5 Å². The minimum Gasteiger partial charge on any atom is -0.493 e. The lowest BCUT2D eigenvalue weighted by atomic mass is 10.1. The largest absolute Gasteiger partial charge is 0.493 e. The Balaban J connectivity index is 2.10. The highest BCUT2D eigenvalue weighted by molar-refractivity contribution is 7.92. The van der Waals surface area contributed by atoms with Crippen molar-refractivity contribution < 1.29 is 22.7 Å². The summed E-state index contributed by atoms with van der Waals surface area (Å²) < 4.78 is 36.6. The monoisotopic (exact) mass is 432 g/mol. The summed E-state index contributed by atoms with van der Waals surface area (Å²) in [5, 5.41) is 2.84. The molecule has 0 saturated carbocycles. The summed E-state index contributed by atoms with van der Waals surface area (Å²) >= 11 is 0. The van der Waals surface area contributed by atoms with Crippen molar-refractivity contribution in [2.75, 3.05) is 18.1 Å². The first-order valence-electron chi connectivity index (χ1n) is 9.49. The summed E-state index contributed by atoms with van der Waals surface area (Å²) in [4.78, 5) is 12.4. The molecule has 30 heavy (non-hydrogen) atoms. The summed E-state index contributed by atoms with van der Waals surface area (Å²) in [5.41, 5.74) is 1.88. The van der Waals surface area contributed by atoms with Gasteiger partial charge in [-0.15, -0.1) is 0 Å². The van der Waals surface area contributed by atoms with E-state index in [1.807, 2.05) is 19.9 Å². The van der Waals surface area contributed by atoms with E-state index in [0.29, 0.717) is 22.7 Å². The molecule has 0 radical (unpaired) electrons. The first-order chi connectivity index (χ1) is 14.1. The van der Waals surface area contributed by atoms with Crippen LogP contribution in [0.3, 0.4) is 0 Å². The molecule has 0 aliphatic rings. The number of amides is 1. The maximum atomic E-state index is 12.4. The van der Waals surface area contributed by atoms with Gasteiger partial charge < -0.3 is 14.8 Å². The van der Waals surface area contributed by atoms with Crippen LogP contribution in [0.15, 0.2) is 48.5 Å². The Hall–Kier alpha value is -3.00. The molecule has 0 aliphatic heterocycles. The van der Waals surface area contributed by atoms with Crippen molar-refractivity contribution in [2.24, 2.45) is 0 Å². The molecule has 0 aromatic heterocycles. The van der Waals surface area contributed by atoms with Crippen LogP contribution in [0.5, 0.6) is 11.5 Å². The van der Waals surface area contributed by atoms with E-state index in [4.69, 9.17) is 9.47 Å². The molecule has 2 N–H and O–H groups in total. The quantitative estimate of drug-likeness (QED) is 0.589. The van der Waals surface area contributed by atoms with Gasteiger partial charge in [-0.05, 0) is 56.2 Å². The number of sulfonamides is 1. The number of anilines is 1. The van der Waals surface area contributed by atoms with Gasteiger partial charge in [0.15, 0.2) is 11.5 Å². The zero-order valence-corrected chi connectivity index (χ0v) is 18.6. The molecule has 162 valence electrons. The van der Waals surface area contributed by atoms with E-state index in [1.165, 1.54) is 6.08 Å². The lowest BCUT2D eigenvalue weighted by Crippen LogP contribution is -2.25. The van der Waals surface area contributed by atoms with Crippen LogP contribution in [-0.2, 0) is 14.8 Å². The van der Waals surface area contributed by atoms with Crippen molar-refractivity contribution >= 4 is 27.7 Å². The Labute approximate surface area is 178 Å². The Kier molecular flexibility index (Phi) is 7.88. The highest BCUT2D eigenvalue weighted by atomic mass is 32.2. The molecule has 0 saturated heterocycles. The fourth-order valence-electron chi connectivity index (χ4n) is 2.82. The van der Waals surface area contributed by atoms with E-state index in [9.17, 15) is 13.2 Å². The van der Waals surface area contributed by atoms with Crippen LogP contribution in [0.1, 0.15) is 37.9 Å².